The molecule has 7 heteroatoms. The third-order valence-corrected chi connectivity index (χ3v) is 3.47. The Bertz CT molecular complexity index is 838. The van der Waals surface area contributed by atoms with Gasteiger partial charge in [0.1, 0.15) is 5.15 Å². The number of rotatable bonds is 2. The van der Waals surface area contributed by atoms with Gasteiger partial charge < -0.3 is 5.32 Å². The van der Waals surface area contributed by atoms with Crippen LogP contribution in [0.4, 0.5) is 5.69 Å². The molecule has 3 rings (SSSR count). The molecule has 5 nitrogen and oxygen atoms in total. The molecule has 0 unspecified atom stereocenters. The van der Waals surface area contributed by atoms with Gasteiger partial charge in [0, 0.05) is 24.3 Å². The number of carbonyl (C=O) groups excluding carboxylic acids is 1. The van der Waals surface area contributed by atoms with E-state index in [0.717, 1.165) is 5.52 Å². The van der Waals surface area contributed by atoms with Crippen LogP contribution in [-0.4, -0.2) is 20.9 Å². The van der Waals surface area contributed by atoms with Crippen LogP contribution in [0.2, 0.25) is 10.2 Å². The summed E-state index contributed by atoms with van der Waals surface area (Å²) in [5.74, 6) is -0.329. The van der Waals surface area contributed by atoms with E-state index in [1.807, 2.05) is 0 Å². The van der Waals surface area contributed by atoms with Gasteiger partial charge in [0.2, 0.25) is 0 Å². The van der Waals surface area contributed by atoms with Gasteiger partial charge in [-0.2, -0.15) is 0 Å². The van der Waals surface area contributed by atoms with E-state index >= 15 is 0 Å². The van der Waals surface area contributed by atoms with Crippen LogP contribution in [-0.2, 0) is 0 Å². The normalized spacial score (nSPS) is 10.6. The minimum atomic E-state index is -0.329. The highest BCUT2D eigenvalue weighted by molar-refractivity contribution is 6.41. The number of carbonyl (C=O) groups is 1. The first-order valence-electron chi connectivity index (χ1n) is 5.96. The van der Waals surface area contributed by atoms with Gasteiger partial charge in [-0.05, 0) is 24.3 Å². The predicted molar refractivity (Wildman–Crippen MR) is 81.7 cm³/mol. The second-order valence-corrected chi connectivity index (χ2v) is 4.98. The molecule has 0 saturated carbocycles. The zero-order valence-electron chi connectivity index (χ0n) is 10.5. The van der Waals surface area contributed by atoms with Crippen molar-refractivity contribution in [2.24, 2.45) is 0 Å². The third kappa shape index (κ3) is 2.94. The summed E-state index contributed by atoms with van der Waals surface area (Å²) >= 11 is 11.6. The van der Waals surface area contributed by atoms with Crippen molar-refractivity contribution in [3.05, 3.63) is 58.6 Å². The number of nitrogens with one attached hydrogen (secondary N) is 1. The van der Waals surface area contributed by atoms with Gasteiger partial charge in [-0.15, -0.1) is 0 Å². The molecule has 0 saturated heterocycles. The Hall–Kier alpha value is -2.24. The van der Waals surface area contributed by atoms with E-state index in [9.17, 15) is 4.79 Å². The fourth-order valence-corrected chi connectivity index (χ4v) is 2.06. The lowest BCUT2D eigenvalue weighted by atomic mass is 10.2. The predicted octanol–water partition coefficient (Wildman–Crippen LogP) is 3.58. The number of benzene rings is 1. The Kier molecular flexibility index (Phi) is 3.68. The van der Waals surface area contributed by atoms with Crippen LogP contribution in [0.3, 0.4) is 0 Å². The van der Waals surface area contributed by atoms with Crippen LogP contribution >= 0.6 is 23.2 Å². The second-order valence-electron chi connectivity index (χ2n) is 4.21. The van der Waals surface area contributed by atoms with E-state index in [1.54, 1.807) is 30.6 Å². The molecule has 0 fully saturated rings. The molecule has 0 bridgehead atoms. The van der Waals surface area contributed by atoms with Crippen LogP contribution in [0.25, 0.3) is 11.0 Å². The van der Waals surface area contributed by atoms with E-state index in [0.29, 0.717) is 16.8 Å². The maximum Gasteiger partial charge on any atom is 0.257 e. The highest BCUT2D eigenvalue weighted by Crippen LogP contribution is 2.21. The molecule has 1 amide bonds. The molecule has 3 aromatic rings. The van der Waals surface area contributed by atoms with Crippen molar-refractivity contribution in [2.45, 2.75) is 0 Å². The molecule has 1 aromatic carbocycles. The number of nitrogens with zero attached hydrogens (tertiary/aromatic N) is 3. The monoisotopic (exact) mass is 318 g/mol. The first-order chi connectivity index (χ1) is 10.1. The lowest BCUT2D eigenvalue weighted by Gasteiger charge is -2.06. The summed E-state index contributed by atoms with van der Waals surface area (Å²) < 4.78 is 0. The molecule has 0 atom stereocenters. The highest BCUT2D eigenvalue weighted by Gasteiger charge is 2.10. The lowest BCUT2D eigenvalue weighted by molar-refractivity contribution is 0.102. The molecule has 2 aromatic heterocycles. The quantitative estimate of drug-likeness (QED) is 0.733. The van der Waals surface area contributed by atoms with Crippen molar-refractivity contribution in [1.29, 1.82) is 0 Å². The maximum atomic E-state index is 12.1. The molecular formula is C14H8Cl2N4O. The van der Waals surface area contributed by atoms with Crippen LogP contribution in [0.15, 0.2) is 42.9 Å². The third-order valence-electron chi connectivity index (χ3n) is 2.79. The molecule has 0 spiro atoms. The summed E-state index contributed by atoms with van der Waals surface area (Å²) in [6.07, 6.45) is 4.57. The molecule has 2 heterocycles. The van der Waals surface area contributed by atoms with Gasteiger partial charge in [0.25, 0.3) is 5.91 Å². The molecule has 0 aliphatic carbocycles. The zero-order chi connectivity index (χ0) is 14.8. The first-order valence-corrected chi connectivity index (χ1v) is 6.72. The van der Waals surface area contributed by atoms with Crippen LogP contribution in [0.1, 0.15) is 10.4 Å². The molecule has 104 valence electrons. The van der Waals surface area contributed by atoms with Gasteiger partial charge >= 0.3 is 0 Å². The molecule has 0 aliphatic rings. The van der Waals surface area contributed by atoms with E-state index in [4.69, 9.17) is 23.2 Å². The molecule has 0 aliphatic heterocycles. The topological polar surface area (TPSA) is 67.8 Å². The van der Waals surface area contributed by atoms with Gasteiger partial charge in [0.15, 0.2) is 0 Å². The number of fused-ring (bicyclic) bond motifs is 1. The summed E-state index contributed by atoms with van der Waals surface area (Å²) in [7, 11) is 0. The zero-order valence-corrected chi connectivity index (χ0v) is 12.1. The number of pyridine rings is 1. The second kappa shape index (κ2) is 5.63. The largest absolute Gasteiger partial charge is 0.322 e. The van der Waals surface area contributed by atoms with Crippen molar-refractivity contribution in [1.82, 2.24) is 15.0 Å². The van der Waals surface area contributed by atoms with Crippen molar-refractivity contribution >= 4 is 45.8 Å². The Labute approximate surface area is 130 Å². The SMILES string of the molecule is O=C(Nc1ccc2nccnc2c1)c1cnc(Cl)c(Cl)c1. The lowest BCUT2D eigenvalue weighted by Crippen LogP contribution is -2.12. The molecule has 0 radical (unpaired) electrons. The summed E-state index contributed by atoms with van der Waals surface area (Å²) in [5, 5.41) is 3.14. The van der Waals surface area contributed by atoms with Crippen molar-refractivity contribution < 1.29 is 4.79 Å². The average molecular weight is 319 g/mol. The number of hydrogen-bond acceptors (Lipinski definition) is 4. The van der Waals surface area contributed by atoms with E-state index in [1.165, 1.54) is 12.3 Å². The fourth-order valence-electron chi connectivity index (χ4n) is 1.79. The summed E-state index contributed by atoms with van der Waals surface area (Å²) in [4.78, 5) is 24.3. The number of amides is 1. The Morgan fingerprint density at radius 3 is 2.52 bits per heavy atom. The maximum absolute atomic E-state index is 12.1. The van der Waals surface area contributed by atoms with Crippen LogP contribution < -0.4 is 5.32 Å². The Balaban J connectivity index is 1.87. The van der Waals surface area contributed by atoms with Gasteiger partial charge in [0.05, 0.1) is 21.6 Å². The Morgan fingerprint density at radius 2 is 1.76 bits per heavy atom. The minimum Gasteiger partial charge on any atom is -0.322 e. The summed E-state index contributed by atoms with van der Waals surface area (Å²) in [5.41, 5.74) is 2.39. The van der Waals surface area contributed by atoms with E-state index in [-0.39, 0.29) is 16.1 Å². The van der Waals surface area contributed by atoms with Gasteiger partial charge in [-0.3, -0.25) is 14.8 Å². The number of aromatic nitrogens is 3. The smallest absolute Gasteiger partial charge is 0.257 e. The van der Waals surface area contributed by atoms with Crippen molar-refractivity contribution in [3.8, 4) is 0 Å². The van der Waals surface area contributed by atoms with E-state index < -0.39 is 0 Å². The van der Waals surface area contributed by atoms with Gasteiger partial charge in [-0.25, -0.2) is 4.98 Å². The number of halogens is 2. The molecule has 21 heavy (non-hydrogen) atoms. The number of anilines is 1. The Morgan fingerprint density at radius 1 is 1.00 bits per heavy atom. The number of hydrogen-bond donors (Lipinski definition) is 1. The summed E-state index contributed by atoms with van der Waals surface area (Å²) in [6, 6.07) is 6.74. The minimum absolute atomic E-state index is 0.161. The van der Waals surface area contributed by atoms with E-state index in [2.05, 4.69) is 20.3 Å². The van der Waals surface area contributed by atoms with Crippen molar-refractivity contribution in [2.75, 3.05) is 5.32 Å². The van der Waals surface area contributed by atoms with Gasteiger partial charge in [-0.1, -0.05) is 23.2 Å². The van der Waals surface area contributed by atoms with Crippen LogP contribution in [0, 0.1) is 0 Å². The fraction of sp³-hybridized carbons (Fsp3) is 0. The first kappa shape index (κ1) is 13.7. The standard InChI is InChI=1S/C14H8Cl2N4O/c15-10-5-8(7-19-13(10)16)14(21)20-9-1-2-11-12(6-9)18-4-3-17-11/h1-7H,(H,20,21). The van der Waals surface area contributed by atoms with Crippen molar-refractivity contribution in [3.63, 3.8) is 0 Å². The molecular weight excluding hydrogens is 311 g/mol. The highest BCUT2D eigenvalue weighted by atomic mass is 35.5. The van der Waals surface area contributed by atoms with Crippen LogP contribution in [0.5, 0.6) is 0 Å². The average Bonchev–Trinajstić information content (AvgIpc) is 2.50. The summed E-state index contributed by atoms with van der Waals surface area (Å²) in [6.45, 7) is 0. The molecule has 1 N–H and O–H groups in total.